The van der Waals surface area contributed by atoms with Gasteiger partial charge in [0.2, 0.25) is 0 Å². The average molecular weight is 310 g/mol. The van der Waals surface area contributed by atoms with Gasteiger partial charge in [-0.3, -0.25) is 9.98 Å². The molecule has 1 aromatic carbocycles. The summed E-state index contributed by atoms with van der Waals surface area (Å²) >= 11 is 0. The molecule has 0 saturated carbocycles. The molecule has 0 fully saturated rings. The van der Waals surface area contributed by atoms with Crippen LogP contribution in [0.4, 0.5) is 4.39 Å². The van der Waals surface area contributed by atoms with Gasteiger partial charge in [0, 0.05) is 34.0 Å². The van der Waals surface area contributed by atoms with Crippen molar-refractivity contribution in [2.45, 2.75) is 52.5 Å². The summed E-state index contributed by atoms with van der Waals surface area (Å²) in [5.74, 6) is -0.162. The standard InChI is InChI=1S/C20H23FN2/c1-12-10-14(11-22-13(12)2)18-15-8-7-9-16(21)17(15)19(3,4)20(5,6)23-18/h7-11H,1-6H3. The minimum Gasteiger partial charge on any atom is -0.277 e. The minimum absolute atomic E-state index is 0.162. The Balaban J connectivity index is 2.32. The maximum absolute atomic E-state index is 14.7. The summed E-state index contributed by atoms with van der Waals surface area (Å²) in [6, 6.07) is 7.35. The highest BCUT2D eigenvalue weighted by molar-refractivity contribution is 6.15. The molecular weight excluding hydrogens is 287 g/mol. The summed E-state index contributed by atoms with van der Waals surface area (Å²) in [4.78, 5) is 9.46. The van der Waals surface area contributed by atoms with Gasteiger partial charge in [-0.25, -0.2) is 4.39 Å². The van der Waals surface area contributed by atoms with Gasteiger partial charge in [0.15, 0.2) is 0 Å². The van der Waals surface area contributed by atoms with Crippen molar-refractivity contribution in [2.24, 2.45) is 4.99 Å². The Bertz CT molecular complexity index is 816. The predicted octanol–water partition coefficient (Wildman–Crippen LogP) is 4.74. The van der Waals surface area contributed by atoms with Gasteiger partial charge in [0.25, 0.3) is 0 Å². The first-order valence-electron chi connectivity index (χ1n) is 7.98. The van der Waals surface area contributed by atoms with Crippen molar-refractivity contribution >= 4 is 5.71 Å². The number of rotatable bonds is 1. The second-order valence-corrected chi connectivity index (χ2v) is 7.43. The van der Waals surface area contributed by atoms with Crippen LogP contribution in [0.2, 0.25) is 0 Å². The van der Waals surface area contributed by atoms with E-state index >= 15 is 0 Å². The normalized spacial score (nSPS) is 18.3. The van der Waals surface area contributed by atoms with E-state index in [-0.39, 0.29) is 11.2 Å². The largest absolute Gasteiger partial charge is 0.277 e. The summed E-state index contributed by atoms with van der Waals surface area (Å²) in [6.45, 7) is 12.3. The van der Waals surface area contributed by atoms with Crippen LogP contribution in [0.25, 0.3) is 0 Å². The number of pyridine rings is 1. The smallest absolute Gasteiger partial charge is 0.127 e. The molecule has 0 amide bonds. The van der Waals surface area contributed by atoms with E-state index in [1.807, 2.05) is 26.1 Å². The van der Waals surface area contributed by atoms with Gasteiger partial charge in [-0.15, -0.1) is 0 Å². The van der Waals surface area contributed by atoms with Crippen molar-refractivity contribution in [3.05, 3.63) is 64.2 Å². The van der Waals surface area contributed by atoms with Crippen molar-refractivity contribution in [1.82, 2.24) is 4.98 Å². The molecule has 3 rings (SSSR count). The van der Waals surface area contributed by atoms with Crippen molar-refractivity contribution in [2.75, 3.05) is 0 Å². The third-order valence-electron chi connectivity index (χ3n) is 5.43. The lowest BCUT2D eigenvalue weighted by Crippen LogP contribution is -2.46. The van der Waals surface area contributed by atoms with E-state index in [0.717, 1.165) is 33.7 Å². The molecule has 0 radical (unpaired) electrons. The monoisotopic (exact) mass is 310 g/mol. The van der Waals surface area contributed by atoms with Crippen LogP contribution in [0.3, 0.4) is 0 Å². The molecule has 3 heteroatoms. The molecule has 0 spiro atoms. The van der Waals surface area contributed by atoms with Gasteiger partial charge in [-0.1, -0.05) is 26.0 Å². The number of nitrogens with zero attached hydrogens (tertiary/aromatic N) is 2. The number of aromatic nitrogens is 1. The molecule has 120 valence electrons. The average Bonchev–Trinajstić information content (AvgIpc) is 2.46. The van der Waals surface area contributed by atoms with Gasteiger partial charge in [0.1, 0.15) is 5.82 Å². The lowest BCUT2D eigenvalue weighted by molar-refractivity contribution is 0.293. The number of benzene rings is 1. The van der Waals surface area contributed by atoms with E-state index < -0.39 is 5.54 Å². The van der Waals surface area contributed by atoms with Crippen LogP contribution >= 0.6 is 0 Å². The fourth-order valence-electron chi connectivity index (χ4n) is 3.13. The van der Waals surface area contributed by atoms with E-state index in [1.165, 1.54) is 6.07 Å². The van der Waals surface area contributed by atoms with Crippen molar-refractivity contribution in [3.8, 4) is 0 Å². The molecule has 0 bridgehead atoms. The molecule has 0 atom stereocenters. The Hall–Kier alpha value is -2.03. The summed E-state index contributed by atoms with van der Waals surface area (Å²) in [5.41, 5.74) is 4.73. The first-order valence-corrected chi connectivity index (χ1v) is 7.98. The van der Waals surface area contributed by atoms with Crippen LogP contribution in [0.5, 0.6) is 0 Å². The third kappa shape index (κ3) is 2.30. The van der Waals surface area contributed by atoms with Gasteiger partial charge in [0.05, 0.1) is 11.3 Å². The molecule has 1 aromatic heterocycles. The Kier molecular flexibility index (Phi) is 3.44. The molecule has 1 aliphatic heterocycles. The Morgan fingerprint density at radius 2 is 1.74 bits per heavy atom. The van der Waals surface area contributed by atoms with Crippen molar-refractivity contribution < 1.29 is 4.39 Å². The van der Waals surface area contributed by atoms with Crippen LogP contribution in [0.1, 0.15) is 55.6 Å². The van der Waals surface area contributed by atoms with E-state index in [2.05, 4.69) is 38.7 Å². The van der Waals surface area contributed by atoms with E-state index in [9.17, 15) is 4.39 Å². The highest BCUT2D eigenvalue weighted by atomic mass is 19.1. The summed E-state index contributed by atoms with van der Waals surface area (Å²) in [6.07, 6.45) is 1.84. The van der Waals surface area contributed by atoms with Crippen molar-refractivity contribution in [3.63, 3.8) is 0 Å². The lowest BCUT2D eigenvalue weighted by Gasteiger charge is -2.44. The SMILES string of the molecule is Cc1cc(C2=NC(C)(C)C(C)(C)c3c(F)cccc32)cnc1C. The van der Waals surface area contributed by atoms with Crippen LogP contribution in [-0.4, -0.2) is 16.2 Å². The highest BCUT2D eigenvalue weighted by Gasteiger charge is 2.45. The van der Waals surface area contributed by atoms with Crippen LogP contribution < -0.4 is 0 Å². The molecule has 0 aliphatic carbocycles. The second-order valence-electron chi connectivity index (χ2n) is 7.43. The number of fused-ring (bicyclic) bond motifs is 1. The molecule has 1 aliphatic rings. The van der Waals surface area contributed by atoms with Gasteiger partial charge >= 0.3 is 0 Å². The summed E-state index contributed by atoms with van der Waals surface area (Å²) < 4.78 is 14.7. The fourth-order valence-corrected chi connectivity index (χ4v) is 3.13. The van der Waals surface area contributed by atoms with Gasteiger partial charge < -0.3 is 0 Å². The Labute approximate surface area is 137 Å². The molecule has 2 aromatic rings. The molecule has 2 heterocycles. The van der Waals surface area contributed by atoms with Crippen LogP contribution in [0.15, 0.2) is 35.5 Å². The Morgan fingerprint density at radius 1 is 1.04 bits per heavy atom. The maximum atomic E-state index is 14.7. The minimum atomic E-state index is -0.406. The number of hydrogen-bond donors (Lipinski definition) is 0. The first-order chi connectivity index (χ1) is 10.6. The quantitative estimate of drug-likeness (QED) is 0.746. The van der Waals surface area contributed by atoms with Crippen LogP contribution in [-0.2, 0) is 5.41 Å². The fraction of sp³-hybridized carbons (Fsp3) is 0.400. The lowest BCUT2D eigenvalue weighted by atomic mass is 9.65. The Morgan fingerprint density at radius 3 is 2.39 bits per heavy atom. The number of halogens is 1. The molecule has 23 heavy (non-hydrogen) atoms. The topological polar surface area (TPSA) is 25.2 Å². The van der Waals surface area contributed by atoms with Crippen LogP contribution in [0, 0.1) is 19.7 Å². The molecule has 0 unspecified atom stereocenters. The molecule has 0 saturated heterocycles. The number of aliphatic imine (C=N–C) groups is 1. The van der Waals surface area contributed by atoms with Gasteiger partial charge in [-0.2, -0.15) is 0 Å². The molecule has 2 nitrogen and oxygen atoms in total. The first kappa shape index (κ1) is 15.9. The van der Waals surface area contributed by atoms with Gasteiger partial charge in [-0.05, 0) is 45.4 Å². The maximum Gasteiger partial charge on any atom is 0.127 e. The third-order valence-corrected chi connectivity index (χ3v) is 5.43. The summed E-state index contributed by atoms with van der Waals surface area (Å²) in [5, 5.41) is 0. The van der Waals surface area contributed by atoms with E-state index in [1.54, 1.807) is 6.07 Å². The number of hydrogen-bond acceptors (Lipinski definition) is 2. The molecule has 0 N–H and O–H groups in total. The van der Waals surface area contributed by atoms with Crippen molar-refractivity contribution in [1.29, 1.82) is 0 Å². The zero-order valence-electron chi connectivity index (χ0n) is 14.7. The highest BCUT2D eigenvalue weighted by Crippen LogP contribution is 2.44. The second kappa shape index (κ2) is 4.98. The summed E-state index contributed by atoms with van der Waals surface area (Å²) in [7, 11) is 0. The number of aryl methyl sites for hydroxylation is 2. The zero-order chi connectivity index (χ0) is 17.0. The zero-order valence-corrected chi connectivity index (χ0v) is 14.7. The predicted molar refractivity (Wildman–Crippen MR) is 92.9 cm³/mol. The van der Waals surface area contributed by atoms with E-state index in [0.29, 0.717) is 0 Å². The van der Waals surface area contributed by atoms with E-state index in [4.69, 9.17) is 4.99 Å². The molecular formula is C20H23FN2.